The van der Waals surface area contributed by atoms with Gasteiger partial charge in [-0.25, -0.2) is 4.39 Å². The molecule has 142 valence electrons. The van der Waals surface area contributed by atoms with Gasteiger partial charge < -0.3 is 4.74 Å². The van der Waals surface area contributed by atoms with E-state index in [2.05, 4.69) is 33.6 Å². The molecule has 0 saturated heterocycles. The molecule has 0 spiro atoms. The Morgan fingerprint density at radius 2 is 1.75 bits per heavy atom. The molecular weight excluding hydrogens is 383 g/mol. The second kappa shape index (κ2) is 7.47. The molecule has 0 fully saturated rings. The Hall–Kier alpha value is -3.13. The van der Waals surface area contributed by atoms with Crippen LogP contribution in [0.1, 0.15) is 0 Å². The molecule has 2 aromatic carbocycles. The number of aromatic nitrogens is 3. The highest BCUT2D eigenvalue weighted by Crippen LogP contribution is 2.35. The molecule has 0 aliphatic carbocycles. The van der Waals surface area contributed by atoms with Crippen molar-refractivity contribution in [1.29, 1.82) is 0 Å². The lowest BCUT2D eigenvalue weighted by Gasteiger charge is -2.06. The predicted octanol–water partition coefficient (Wildman–Crippen LogP) is 3.65. The summed E-state index contributed by atoms with van der Waals surface area (Å²) in [5, 5.41) is 9.77. The fourth-order valence-electron chi connectivity index (χ4n) is 3.11. The number of fused-ring (bicyclic) bond motifs is 1. The topological polar surface area (TPSA) is 39.4 Å². The molecule has 4 rings (SSSR count). The van der Waals surface area contributed by atoms with Crippen LogP contribution < -0.4 is 9.92 Å². The van der Waals surface area contributed by atoms with Gasteiger partial charge in [0.15, 0.2) is 0 Å². The summed E-state index contributed by atoms with van der Waals surface area (Å²) >= 11 is 0. The standard InChI is InChI=1S/C20H16F3N3OSi/c1-28-15-7-5-12(6-8-15)18-16-9-10-17(27-20(22)23)24-26(16)25-19(18)13-3-2-4-14(21)11-13/h2-11,20H,28H2,1H3. The molecule has 4 aromatic rings. The summed E-state index contributed by atoms with van der Waals surface area (Å²) < 4.78 is 44.5. The van der Waals surface area contributed by atoms with Gasteiger partial charge in [0.25, 0.3) is 0 Å². The monoisotopic (exact) mass is 399 g/mol. The maximum Gasteiger partial charge on any atom is 0.388 e. The fourth-order valence-corrected chi connectivity index (χ4v) is 3.81. The second-order valence-corrected chi connectivity index (χ2v) is 7.73. The third-order valence-corrected chi connectivity index (χ3v) is 5.73. The number of rotatable bonds is 5. The van der Waals surface area contributed by atoms with Crippen LogP contribution >= 0.6 is 0 Å². The molecular formula is C20H16F3N3OSi. The van der Waals surface area contributed by atoms with E-state index in [9.17, 15) is 13.2 Å². The van der Waals surface area contributed by atoms with Crippen molar-refractivity contribution >= 4 is 20.2 Å². The first-order valence-electron chi connectivity index (χ1n) is 8.75. The van der Waals surface area contributed by atoms with Crippen molar-refractivity contribution in [2.24, 2.45) is 0 Å². The lowest BCUT2D eigenvalue weighted by Crippen LogP contribution is -2.08. The summed E-state index contributed by atoms with van der Waals surface area (Å²) in [6.07, 6.45) is 0. The van der Waals surface area contributed by atoms with Crippen LogP contribution in [0.15, 0.2) is 60.7 Å². The lowest BCUT2D eigenvalue weighted by atomic mass is 10.00. The van der Waals surface area contributed by atoms with Crippen molar-refractivity contribution < 1.29 is 17.9 Å². The molecule has 0 saturated carbocycles. The van der Waals surface area contributed by atoms with Gasteiger partial charge in [0.05, 0.1) is 15.0 Å². The number of benzene rings is 2. The zero-order valence-electron chi connectivity index (χ0n) is 14.9. The van der Waals surface area contributed by atoms with E-state index in [4.69, 9.17) is 0 Å². The maximum atomic E-state index is 13.8. The van der Waals surface area contributed by atoms with E-state index in [0.29, 0.717) is 16.8 Å². The Morgan fingerprint density at radius 3 is 2.43 bits per heavy atom. The molecule has 8 heteroatoms. The normalized spacial score (nSPS) is 11.8. The van der Waals surface area contributed by atoms with E-state index in [1.54, 1.807) is 18.2 Å². The van der Waals surface area contributed by atoms with E-state index >= 15 is 0 Å². The zero-order valence-corrected chi connectivity index (χ0v) is 16.4. The Morgan fingerprint density at radius 1 is 0.964 bits per heavy atom. The van der Waals surface area contributed by atoms with E-state index in [1.807, 2.05) is 12.1 Å². The average molecular weight is 399 g/mol. The summed E-state index contributed by atoms with van der Waals surface area (Å²) in [7, 11) is -0.285. The molecule has 0 N–H and O–H groups in total. The highest BCUT2D eigenvalue weighted by molar-refractivity contribution is 6.51. The Labute approximate surface area is 161 Å². The van der Waals surface area contributed by atoms with Crippen LogP contribution in [-0.2, 0) is 0 Å². The van der Waals surface area contributed by atoms with Gasteiger partial charge in [0, 0.05) is 17.2 Å². The van der Waals surface area contributed by atoms with Gasteiger partial charge in [-0.2, -0.15) is 8.78 Å². The average Bonchev–Trinajstić information content (AvgIpc) is 3.06. The summed E-state index contributed by atoms with van der Waals surface area (Å²) in [5.41, 5.74) is 3.35. The summed E-state index contributed by atoms with van der Waals surface area (Å²) in [6, 6.07) is 17.2. The molecule has 28 heavy (non-hydrogen) atoms. The first-order chi connectivity index (χ1) is 13.5. The highest BCUT2D eigenvalue weighted by Gasteiger charge is 2.19. The number of ether oxygens (including phenoxy) is 1. The zero-order chi connectivity index (χ0) is 19.7. The lowest BCUT2D eigenvalue weighted by molar-refractivity contribution is -0.0536. The predicted molar refractivity (Wildman–Crippen MR) is 104 cm³/mol. The Kier molecular flexibility index (Phi) is 4.87. The smallest absolute Gasteiger partial charge is 0.388 e. The van der Waals surface area contributed by atoms with Crippen LogP contribution in [0.3, 0.4) is 0 Å². The van der Waals surface area contributed by atoms with Gasteiger partial charge in [0.2, 0.25) is 5.88 Å². The number of nitrogens with zero attached hydrogens (tertiary/aromatic N) is 3. The second-order valence-electron chi connectivity index (χ2n) is 6.21. The summed E-state index contributed by atoms with van der Waals surface area (Å²) in [6.45, 7) is -0.773. The highest BCUT2D eigenvalue weighted by atomic mass is 28.2. The molecule has 4 nitrogen and oxygen atoms in total. The van der Waals surface area contributed by atoms with Crippen LogP contribution in [0, 0.1) is 5.82 Å². The molecule has 2 heterocycles. The van der Waals surface area contributed by atoms with Crippen LogP contribution in [-0.4, -0.2) is 31.0 Å². The third kappa shape index (κ3) is 3.50. The van der Waals surface area contributed by atoms with Crippen molar-refractivity contribution in [2.45, 2.75) is 13.2 Å². The van der Waals surface area contributed by atoms with E-state index < -0.39 is 6.61 Å². The third-order valence-electron chi connectivity index (χ3n) is 4.44. The minimum absolute atomic E-state index is 0.241. The molecule has 0 atom stereocenters. The van der Waals surface area contributed by atoms with Gasteiger partial charge in [-0.15, -0.1) is 14.8 Å². The Balaban J connectivity index is 1.94. The van der Waals surface area contributed by atoms with Crippen LogP contribution in [0.2, 0.25) is 6.55 Å². The number of alkyl halides is 2. The van der Waals surface area contributed by atoms with Gasteiger partial charge >= 0.3 is 6.61 Å². The van der Waals surface area contributed by atoms with Crippen molar-refractivity contribution in [1.82, 2.24) is 14.8 Å². The molecule has 0 bridgehead atoms. The van der Waals surface area contributed by atoms with Crippen molar-refractivity contribution in [3.05, 3.63) is 66.5 Å². The molecule has 0 radical (unpaired) electrons. The van der Waals surface area contributed by atoms with E-state index in [0.717, 1.165) is 11.1 Å². The SMILES string of the molecule is C[SiH2]c1ccc(-c2c(-c3cccc(F)c3)nn3nc(OC(F)F)ccc23)cc1. The minimum atomic E-state index is -2.98. The van der Waals surface area contributed by atoms with Crippen molar-refractivity contribution in [3.63, 3.8) is 0 Å². The largest absolute Gasteiger partial charge is 0.415 e. The molecule has 0 unspecified atom stereocenters. The van der Waals surface area contributed by atoms with Gasteiger partial charge in [-0.1, -0.05) is 48.1 Å². The van der Waals surface area contributed by atoms with E-state index in [1.165, 1.54) is 28.0 Å². The van der Waals surface area contributed by atoms with Crippen molar-refractivity contribution in [2.75, 3.05) is 0 Å². The van der Waals surface area contributed by atoms with Gasteiger partial charge in [-0.3, -0.25) is 0 Å². The Bertz CT molecular complexity index is 1130. The first-order valence-corrected chi connectivity index (χ1v) is 10.9. The quantitative estimate of drug-likeness (QED) is 0.481. The van der Waals surface area contributed by atoms with Crippen molar-refractivity contribution in [3.8, 4) is 28.3 Å². The first kappa shape index (κ1) is 18.2. The van der Waals surface area contributed by atoms with Crippen LogP contribution in [0.4, 0.5) is 13.2 Å². The molecule has 0 aliphatic rings. The maximum absolute atomic E-state index is 13.8. The minimum Gasteiger partial charge on any atom is -0.415 e. The number of hydrogen-bond acceptors (Lipinski definition) is 3. The molecule has 2 aromatic heterocycles. The fraction of sp³-hybridized carbons (Fsp3) is 0.100. The number of halogens is 3. The number of hydrogen-bond donors (Lipinski definition) is 0. The van der Waals surface area contributed by atoms with Crippen LogP contribution in [0.5, 0.6) is 5.88 Å². The summed E-state index contributed by atoms with van der Waals surface area (Å²) in [5.74, 6) is -0.628. The molecule has 0 aliphatic heterocycles. The summed E-state index contributed by atoms with van der Waals surface area (Å²) in [4.78, 5) is 0. The van der Waals surface area contributed by atoms with Gasteiger partial charge in [-0.05, 0) is 23.8 Å². The van der Waals surface area contributed by atoms with E-state index in [-0.39, 0.29) is 21.2 Å². The van der Waals surface area contributed by atoms with Gasteiger partial charge in [0.1, 0.15) is 11.5 Å². The molecule has 0 amide bonds. The van der Waals surface area contributed by atoms with Crippen LogP contribution in [0.25, 0.3) is 27.9 Å².